The Labute approximate surface area is 130 Å². The lowest BCUT2D eigenvalue weighted by atomic mass is 10.0. The second-order valence-electron chi connectivity index (χ2n) is 4.95. The summed E-state index contributed by atoms with van der Waals surface area (Å²) in [5.74, 6) is 1.84. The lowest BCUT2D eigenvalue weighted by Crippen LogP contribution is -2.23. The average molecular weight is 305 g/mol. The van der Waals surface area contributed by atoms with Crippen LogP contribution < -0.4 is 14.8 Å². The van der Waals surface area contributed by atoms with Crippen molar-refractivity contribution in [2.24, 2.45) is 0 Å². The van der Waals surface area contributed by atoms with E-state index in [0.29, 0.717) is 6.04 Å². The maximum Gasteiger partial charge on any atom is 0.129 e. The minimum atomic E-state index is 0.326. The van der Waals surface area contributed by atoms with Crippen molar-refractivity contribution in [3.63, 3.8) is 0 Å². The zero-order valence-electron chi connectivity index (χ0n) is 12.9. The molecule has 1 N–H and O–H groups in total. The van der Waals surface area contributed by atoms with Crippen molar-refractivity contribution in [2.45, 2.75) is 25.8 Å². The number of methoxy groups -OCH3 is 2. The van der Waals surface area contributed by atoms with Gasteiger partial charge < -0.3 is 14.8 Å². The van der Waals surface area contributed by atoms with Crippen molar-refractivity contribution >= 4 is 11.3 Å². The molecule has 0 radical (unpaired) electrons. The molecule has 1 atom stereocenters. The van der Waals surface area contributed by atoms with Crippen LogP contribution in [0.2, 0.25) is 0 Å². The fraction of sp³-hybridized carbons (Fsp3) is 0.412. The minimum Gasteiger partial charge on any atom is -0.497 e. The monoisotopic (exact) mass is 305 g/mol. The Balaban J connectivity index is 2.10. The molecule has 0 saturated carbocycles. The molecule has 0 aliphatic heterocycles. The summed E-state index contributed by atoms with van der Waals surface area (Å²) in [5, 5.41) is 5.68. The molecular formula is C17H23NO2S. The van der Waals surface area contributed by atoms with Crippen molar-refractivity contribution in [1.82, 2.24) is 5.32 Å². The molecule has 1 aromatic carbocycles. The standard InChI is InChI=1S/C17H23NO2S/c1-4-9-18-16(17-11-15(20-3)12-21-17)10-13-5-7-14(19-2)8-6-13/h5-8,11-12,16,18H,4,9-10H2,1-3H3. The molecule has 114 valence electrons. The van der Waals surface area contributed by atoms with E-state index in [4.69, 9.17) is 9.47 Å². The number of rotatable bonds is 8. The molecule has 0 bridgehead atoms. The predicted molar refractivity (Wildman–Crippen MR) is 88.6 cm³/mol. The molecule has 4 heteroatoms. The quantitative estimate of drug-likeness (QED) is 0.798. The second kappa shape index (κ2) is 8.05. The Kier molecular flexibility index (Phi) is 6.08. The smallest absolute Gasteiger partial charge is 0.129 e. The van der Waals surface area contributed by atoms with Crippen LogP contribution in [0.1, 0.15) is 29.8 Å². The molecule has 21 heavy (non-hydrogen) atoms. The molecule has 2 aromatic rings. The molecule has 0 fully saturated rings. The van der Waals surface area contributed by atoms with Gasteiger partial charge in [-0.25, -0.2) is 0 Å². The topological polar surface area (TPSA) is 30.5 Å². The van der Waals surface area contributed by atoms with Gasteiger partial charge in [-0.2, -0.15) is 0 Å². The SMILES string of the molecule is CCCNC(Cc1ccc(OC)cc1)c1cc(OC)cs1. The van der Waals surface area contributed by atoms with E-state index in [-0.39, 0.29) is 0 Å². The average Bonchev–Trinajstić information content (AvgIpc) is 3.01. The first-order valence-corrected chi connectivity index (χ1v) is 8.13. The second-order valence-corrected chi connectivity index (χ2v) is 5.89. The Morgan fingerprint density at radius 3 is 2.38 bits per heavy atom. The van der Waals surface area contributed by atoms with E-state index >= 15 is 0 Å². The number of benzene rings is 1. The van der Waals surface area contributed by atoms with Crippen LogP contribution in [0, 0.1) is 0 Å². The molecule has 3 nitrogen and oxygen atoms in total. The van der Waals surface area contributed by atoms with E-state index in [1.807, 2.05) is 12.1 Å². The van der Waals surface area contributed by atoms with Crippen molar-refractivity contribution in [3.8, 4) is 11.5 Å². The van der Waals surface area contributed by atoms with Gasteiger partial charge in [-0.1, -0.05) is 19.1 Å². The maximum absolute atomic E-state index is 5.30. The number of hydrogen-bond donors (Lipinski definition) is 1. The van der Waals surface area contributed by atoms with E-state index < -0.39 is 0 Å². The molecule has 0 aliphatic carbocycles. The number of hydrogen-bond acceptors (Lipinski definition) is 4. The summed E-state index contributed by atoms with van der Waals surface area (Å²) in [6.45, 7) is 3.20. The van der Waals surface area contributed by atoms with Crippen LogP contribution in [0.4, 0.5) is 0 Å². The van der Waals surface area contributed by atoms with Gasteiger partial charge in [-0.15, -0.1) is 11.3 Å². The van der Waals surface area contributed by atoms with Crippen molar-refractivity contribution in [3.05, 3.63) is 46.2 Å². The third kappa shape index (κ3) is 4.48. The first-order valence-electron chi connectivity index (χ1n) is 7.25. The van der Waals surface area contributed by atoms with Gasteiger partial charge in [0, 0.05) is 16.3 Å². The first kappa shape index (κ1) is 15.9. The van der Waals surface area contributed by atoms with Crippen molar-refractivity contribution in [2.75, 3.05) is 20.8 Å². The summed E-state index contributed by atoms with van der Waals surface area (Å²) in [7, 11) is 3.41. The largest absolute Gasteiger partial charge is 0.497 e. The fourth-order valence-electron chi connectivity index (χ4n) is 2.21. The third-order valence-corrected chi connectivity index (χ3v) is 4.44. The summed E-state index contributed by atoms with van der Waals surface area (Å²) in [5.41, 5.74) is 1.30. The lowest BCUT2D eigenvalue weighted by molar-refractivity contribution is 0.414. The normalized spacial score (nSPS) is 12.1. The molecule has 1 unspecified atom stereocenters. The van der Waals surface area contributed by atoms with Crippen molar-refractivity contribution in [1.29, 1.82) is 0 Å². The molecule has 0 amide bonds. The molecule has 0 saturated heterocycles. The molecule has 1 aromatic heterocycles. The molecule has 1 heterocycles. The summed E-state index contributed by atoms with van der Waals surface area (Å²) < 4.78 is 10.5. The zero-order chi connectivity index (χ0) is 15.1. The van der Waals surface area contributed by atoms with Gasteiger partial charge in [-0.05, 0) is 43.1 Å². The summed E-state index contributed by atoms with van der Waals surface area (Å²) in [6, 6.07) is 10.7. The van der Waals surface area contributed by atoms with Crippen LogP contribution in [-0.4, -0.2) is 20.8 Å². The number of ether oxygens (including phenoxy) is 2. The van der Waals surface area contributed by atoms with Crippen molar-refractivity contribution < 1.29 is 9.47 Å². The zero-order valence-corrected chi connectivity index (χ0v) is 13.7. The van der Waals surface area contributed by atoms with E-state index in [0.717, 1.165) is 30.9 Å². The van der Waals surface area contributed by atoms with Crippen LogP contribution in [-0.2, 0) is 6.42 Å². The Morgan fingerprint density at radius 1 is 1.10 bits per heavy atom. The van der Waals surface area contributed by atoms with Crippen LogP contribution in [0.3, 0.4) is 0 Å². The number of nitrogens with one attached hydrogen (secondary N) is 1. The van der Waals surface area contributed by atoms with Gasteiger partial charge in [0.2, 0.25) is 0 Å². The molecule has 0 spiro atoms. The van der Waals surface area contributed by atoms with E-state index in [2.05, 4.69) is 35.8 Å². The lowest BCUT2D eigenvalue weighted by Gasteiger charge is -2.17. The summed E-state index contributed by atoms with van der Waals surface area (Å²) in [6.07, 6.45) is 2.09. The van der Waals surface area contributed by atoms with Crippen LogP contribution >= 0.6 is 11.3 Å². The maximum atomic E-state index is 5.30. The Morgan fingerprint density at radius 2 is 1.81 bits per heavy atom. The van der Waals surface area contributed by atoms with Crippen LogP contribution in [0.5, 0.6) is 11.5 Å². The number of thiophene rings is 1. The van der Waals surface area contributed by atoms with E-state index in [1.165, 1.54) is 10.4 Å². The predicted octanol–water partition coefficient (Wildman–Crippen LogP) is 4.05. The van der Waals surface area contributed by atoms with Crippen LogP contribution in [0.25, 0.3) is 0 Å². The van der Waals surface area contributed by atoms with Gasteiger partial charge in [-0.3, -0.25) is 0 Å². The Bertz CT molecular complexity index is 536. The highest BCUT2D eigenvalue weighted by Gasteiger charge is 2.14. The van der Waals surface area contributed by atoms with Gasteiger partial charge in [0.05, 0.1) is 14.2 Å². The van der Waals surface area contributed by atoms with Crippen LogP contribution in [0.15, 0.2) is 35.7 Å². The van der Waals surface area contributed by atoms with Gasteiger partial charge in [0.1, 0.15) is 11.5 Å². The summed E-state index contributed by atoms with van der Waals surface area (Å²) in [4.78, 5) is 1.32. The highest BCUT2D eigenvalue weighted by atomic mass is 32.1. The highest BCUT2D eigenvalue weighted by Crippen LogP contribution is 2.29. The molecule has 2 rings (SSSR count). The van der Waals surface area contributed by atoms with Gasteiger partial charge in [0.15, 0.2) is 0 Å². The first-order chi connectivity index (χ1) is 10.3. The van der Waals surface area contributed by atoms with E-state index in [9.17, 15) is 0 Å². The molecule has 0 aliphatic rings. The summed E-state index contributed by atoms with van der Waals surface area (Å²) >= 11 is 1.75. The third-order valence-electron chi connectivity index (χ3n) is 3.41. The fourth-order valence-corrected chi connectivity index (χ4v) is 3.15. The Hall–Kier alpha value is -1.52. The van der Waals surface area contributed by atoms with Gasteiger partial charge >= 0.3 is 0 Å². The minimum absolute atomic E-state index is 0.326. The van der Waals surface area contributed by atoms with E-state index in [1.54, 1.807) is 25.6 Å². The molecular weight excluding hydrogens is 282 g/mol. The van der Waals surface area contributed by atoms with Gasteiger partial charge in [0.25, 0.3) is 0 Å². The highest BCUT2D eigenvalue weighted by molar-refractivity contribution is 7.10.